The third kappa shape index (κ3) is 2.75. The Morgan fingerprint density at radius 3 is 2.82 bits per heavy atom. The average molecular weight is 260 g/mol. The zero-order valence-electron chi connectivity index (χ0n) is 9.24. The molecule has 92 valence electrons. The molecule has 0 aromatic heterocycles. The summed E-state index contributed by atoms with van der Waals surface area (Å²) in [5.41, 5.74) is 1.33. The third-order valence-electron chi connectivity index (χ3n) is 2.68. The predicted molar refractivity (Wildman–Crippen MR) is 62.7 cm³/mol. The Kier molecular flexibility index (Phi) is 3.62. The Hall–Kier alpha value is -1.16. The first kappa shape index (κ1) is 12.3. The van der Waals surface area contributed by atoms with Crippen molar-refractivity contribution in [1.29, 1.82) is 0 Å². The molecule has 0 saturated heterocycles. The van der Waals surface area contributed by atoms with Gasteiger partial charge in [-0.3, -0.25) is 0 Å². The fraction of sp³-hybridized carbons (Fsp3) is 0.417. The summed E-state index contributed by atoms with van der Waals surface area (Å²) in [7, 11) is 0. The number of oxime groups is 1. The summed E-state index contributed by atoms with van der Waals surface area (Å²) in [5, 5.41) is 3.74. The van der Waals surface area contributed by atoms with Gasteiger partial charge in [-0.05, 0) is 18.6 Å². The molecule has 1 heterocycles. The molecule has 1 aromatic carbocycles. The highest BCUT2D eigenvalue weighted by molar-refractivity contribution is 6.21. The highest BCUT2D eigenvalue weighted by Gasteiger charge is 2.26. The molecule has 2 nitrogen and oxygen atoms in total. The van der Waals surface area contributed by atoms with Crippen molar-refractivity contribution in [3.63, 3.8) is 0 Å². The standard InChI is InChI=1S/C12H12ClF2NO/c1-7(13)11-6-10(16-17-11)8-3-2-4-9(5-8)12(14)15/h2-5,7,11-12H,6H2,1H3. The van der Waals surface area contributed by atoms with Crippen LogP contribution in [0.4, 0.5) is 8.78 Å². The second-order valence-electron chi connectivity index (χ2n) is 3.99. The van der Waals surface area contributed by atoms with Crippen LogP contribution in [0.15, 0.2) is 29.4 Å². The molecule has 0 N–H and O–H groups in total. The van der Waals surface area contributed by atoms with Crippen LogP contribution >= 0.6 is 11.6 Å². The first-order valence-electron chi connectivity index (χ1n) is 5.33. The number of hydrogen-bond acceptors (Lipinski definition) is 2. The minimum absolute atomic E-state index is 0.00688. The molecule has 0 amide bonds. The van der Waals surface area contributed by atoms with Gasteiger partial charge in [-0.2, -0.15) is 0 Å². The molecule has 1 aliphatic rings. The minimum Gasteiger partial charge on any atom is -0.390 e. The molecule has 5 heteroatoms. The Morgan fingerprint density at radius 1 is 1.47 bits per heavy atom. The van der Waals surface area contributed by atoms with Crippen LogP contribution < -0.4 is 0 Å². The Morgan fingerprint density at radius 2 is 2.24 bits per heavy atom. The van der Waals surface area contributed by atoms with Gasteiger partial charge in [0.05, 0.1) is 11.1 Å². The quantitative estimate of drug-likeness (QED) is 0.758. The van der Waals surface area contributed by atoms with Crippen molar-refractivity contribution in [2.24, 2.45) is 5.16 Å². The fourth-order valence-electron chi connectivity index (χ4n) is 1.67. The molecule has 0 aliphatic carbocycles. The molecule has 0 radical (unpaired) electrons. The van der Waals surface area contributed by atoms with Crippen molar-refractivity contribution >= 4 is 17.3 Å². The predicted octanol–water partition coefficient (Wildman–Crippen LogP) is 3.74. The van der Waals surface area contributed by atoms with Crippen molar-refractivity contribution in [1.82, 2.24) is 0 Å². The van der Waals surface area contributed by atoms with E-state index in [-0.39, 0.29) is 17.0 Å². The fourth-order valence-corrected chi connectivity index (χ4v) is 1.80. The molecule has 0 fully saturated rings. The molecule has 1 aliphatic heterocycles. The largest absolute Gasteiger partial charge is 0.390 e. The normalized spacial score (nSPS) is 21.2. The van der Waals surface area contributed by atoms with Gasteiger partial charge in [-0.1, -0.05) is 23.4 Å². The van der Waals surface area contributed by atoms with E-state index < -0.39 is 6.43 Å². The maximum atomic E-state index is 12.5. The van der Waals surface area contributed by atoms with Gasteiger partial charge in [-0.25, -0.2) is 8.78 Å². The Bertz CT molecular complexity index is 434. The van der Waals surface area contributed by atoms with Crippen LogP contribution in [0.2, 0.25) is 0 Å². The number of rotatable bonds is 3. The summed E-state index contributed by atoms with van der Waals surface area (Å²) in [6.45, 7) is 1.82. The molecular weight excluding hydrogens is 248 g/mol. The molecule has 0 spiro atoms. The molecule has 2 unspecified atom stereocenters. The second-order valence-corrected chi connectivity index (χ2v) is 4.68. The Labute approximate surface area is 103 Å². The van der Waals surface area contributed by atoms with Crippen LogP contribution in [0.5, 0.6) is 0 Å². The monoisotopic (exact) mass is 259 g/mol. The van der Waals surface area contributed by atoms with Crippen molar-refractivity contribution < 1.29 is 13.6 Å². The van der Waals surface area contributed by atoms with E-state index in [1.165, 1.54) is 12.1 Å². The lowest BCUT2D eigenvalue weighted by molar-refractivity contribution is 0.0855. The van der Waals surface area contributed by atoms with E-state index in [1.54, 1.807) is 12.1 Å². The topological polar surface area (TPSA) is 21.6 Å². The van der Waals surface area contributed by atoms with Crippen LogP contribution in [0.25, 0.3) is 0 Å². The molecule has 2 atom stereocenters. The molecule has 0 bridgehead atoms. The summed E-state index contributed by atoms with van der Waals surface area (Å²) >= 11 is 5.90. The number of alkyl halides is 3. The first-order valence-corrected chi connectivity index (χ1v) is 5.77. The summed E-state index contributed by atoms with van der Waals surface area (Å²) in [6.07, 6.45) is -2.10. The van der Waals surface area contributed by atoms with Crippen molar-refractivity contribution in [2.75, 3.05) is 0 Å². The maximum absolute atomic E-state index is 12.5. The van der Waals surface area contributed by atoms with Gasteiger partial charge in [0, 0.05) is 12.0 Å². The highest BCUT2D eigenvalue weighted by Crippen LogP contribution is 2.24. The van der Waals surface area contributed by atoms with E-state index in [0.717, 1.165) is 0 Å². The highest BCUT2D eigenvalue weighted by atomic mass is 35.5. The lowest BCUT2D eigenvalue weighted by atomic mass is 10.0. The van der Waals surface area contributed by atoms with Gasteiger partial charge >= 0.3 is 0 Å². The van der Waals surface area contributed by atoms with E-state index in [9.17, 15) is 8.78 Å². The average Bonchev–Trinajstić information content (AvgIpc) is 2.78. The smallest absolute Gasteiger partial charge is 0.263 e. The molecule has 1 aromatic rings. The van der Waals surface area contributed by atoms with Crippen LogP contribution in [0.3, 0.4) is 0 Å². The van der Waals surface area contributed by atoms with Crippen LogP contribution in [0.1, 0.15) is 30.9 Å². The third-order valence-corrected chi connectivity index (χ3v) is 2.96. The van der Waals surface area contributed by atoms with Crippen LogP contribution in [-0.2, 0) is 4.84 Å². The molecule has 2 rings (SSSR count). The van der Waals surface area contributed by atoms with E-state index >= 15 is 0 Å². The van der Waals surface area contributed by atoms with Crippen LogP contribution in [-0.4, -0.2) is 17.2 Å². The summed E-state index contributed by atoms with van der Waals surface area (Å²) in [5.74, 6) is 0. The molecular formula is C12H12ClF2NO. The summed E-state index contributed by atoms with van der Waals surface area (Å²) < 4.78 is 25.1. The van der Waals surface area contributed by atoms with Gasteiger partial charge in [0.25, 0.3) is 6.43 Å². The van der Waals surface area contributed by atoms with E-state index in [1.807, 2.05) is 6.92 Å². The minimum atomic E-state index is -2.47. The first-order chi connectivity index (χ1) is 8.08. The van der Waals surface area contributed by atoms with Gasteiger partial charge < -0.3 is 4.84 Å². The van der Waals surface area contributed by atoms with Gasteiger partial charge in [-0.15, -0.1) is 11.6 Å². The van der Waals surface area contributed by atoms with E-state index in [0.29, 0.717) is 17.7 Å². The van der Waals surface area contributed by atoms with Gasteiger partial charge in [0.2, 0.25) is 0 Å². The van der Waals surface area contributed by atoms with Gasteiger partial charge in [0.15, 0.2) is 0 Å². The Balaban J connectivity index is 2.16. The van der Waals surface area contributed by atoms with Crippen LogP contribution in [0, 0.1) is 0 Å². The zero-order chi connectivity index (χ0) is 12.4. The summed E-state index contributed by atoms with van der Waals surface area (Å²) in [4.78, 5) is 5.15. The van der Waals surface area contributed by atoms with Crippen molar-refractivity contribution in [3.05, 3.63) is 35.4 Å². The van der Waals surface area contributed by atoms with Gasteiger partial charge in [0.1, 0.15) is 6.10 Å². The van der Waals surface area contributed by atoms with Crippen molar-refractivity contribution in [3.8, 4) is 0 Å². The van der Waals surface area contributed by atoms with Crippen molar-refractivity contribution in [2.45, 2.75) is 31.3 Å². The van der Waals surface area contributed by atoms with E-state index in [4.69, 9.17) is 16.4 Å². The lowest BCUT2D eigenvalue weighted by Crippen LogP contribution is -2.18. The number of nitrogens with zero attached hydrogens (tertiary/aromatic N) is 1. The lowest BCUT2D eigenvalue weighted by Gasteiger charge is -2.09. The SMILES string of the molecule is CC(Cl)C1CC(c2cccc(C(F)F)c2)=NO1. The summed E-state index contributed by atoms with van der Waals surface area (Å²) in [6, 6.07) is 6.17. The molecule has 0 saturated carbocycles. The van der Waals surface area contributed by atoms with E-state index in [2.05, 4.69) is 5.16 Å². The number of halogens is 3. The zero-order valence-corrected chi connectivity index (χ0v) is 9.99. The number of benzene rings is 1. The second kappa shape index (κ2) is 5.00. The maximum Gasteiger partial charge on any atom is 0.263 e. The number of hydrogen-bond donors (Lipinski definition) is 0. The molecule has 17 heavy (non-hydrogen) atoms.